The van der Waals surface area contributed by atoms with Crippen LogP contribution in [0.2, 0.25) is 0 Å². The van der Waals surface area contributed by atoms with Gasteiger partial charge in [0.25, 0.3) is 0 Å². The van der Waals surface area contributed by atoms with Crippen LogP contribution in [0, 0.1) is 11.8 Å². The molecular weight excluding hydrogens is 382 g/mol. The number of hydrogen-bond donors (Lipinski definition) is 7. The lowest BCUT2D eigenvalue weighted by Gasteiger charge is -2.07. The van der Waals surface area contributed by atoms with Crippen molar-refractivity contribution >= 4 is 17.9 Å². The maximum atomic E-state index is 10.4. The van der Waals surface area contributed by atoms with E-state index in [-0.39, 0.29) is 24.0 Å². The number of benzene rings is 1. The van der Waals surface area contributed by atoms with Crippen molar-refractivity contribution in [3.8, 4) is 5.75 Å². The van der Waals surface area contributed by atoms with E-state index < -0.39 is 36.0 Å². The first-order valence-electron chi connectivity index (χ1n) is 8.93. The predicted octanol–water partition coefficient (Wildman–Crippen LogP) is 0.455. The third kappa shape index (κ3) is 14.0. The van der Waals surface area contributed by atoms with Gasteiger partial charge in [-0.2, -0.15) is 0 Å². The molecule has 3 atom stereocenters. The normalized spacial score (nSPS) is 13.3. The first-order valence-corrected chi connectivity index (χ1v) is 8.93. The van der Waals surface area contributed by atoms with Gasteiger partial charge in [-0.05, 0) is 36.0 Å². The molecule has 10 heteroatoms. The third-order valence-electron chi connectivity index (χ3n) is 3.72. The van der Waals surface area contributed by atoms with E-state index in [1.807, 2.05) is 0 Å². The number of rotatable bonds is 7. The largest absolute Gasteiger partial charge is 0.508 e. The lowest BCUT2D eigenvalue weighted by Crippen LogP contribution is -2.34. The Labute approximate surface area is 170 Å². The zero-order chi connectivity index (χ0) is 23.3. The number of phenolic OH excluding ortho intramolecular Hbond substituents is 1. The van der Waals surface area contributed by atoms with E-state index >= 15 is 0 Å². The summed E-state index contributed by atoms with van der Waals surface area (Å²) in [6.45, 7) is 7.11. The Morgan fingerprint density at radius 3 is 1.31 bits per heavy atom. The minimum Gasteiger partial charge on any atom is -0.508 e. The summed E-state index contributed by atoms with van der Waals surface area (Å²) >= 11 is 0. The predicted molar refractivity (Wildman–Crippen MR) is 108 cm³/mol. The number of phenols is 1. The Morgan fingerprint density at radius 1 is 0.759 bits per heavy atom. The molecule has 0 heterocycles. The van der Waals surface area contributed by atoms with Crippen molar-refractivity contribution in [2.24, 2.45) is 29.0 Å². The first kappa shape index (κ1) is 28.5. The van der Waals surface area contributed by atoms with Crippen LogP contribution in [-0.4, -0.2) is 56.5 Å². The molecule has 2 unspecified atom stereocenters. The number of aliphatic carboxylic acids is 3. The molecular formula is C19H33N3O7. The van der Waals surface area contributed by atoms with Crippen LogP contribution < -0.4 is 17.2 Å². The number of nitrogens with two attached hydrogens (primary N) is 3. The molecule has 10 N–H and O–H groups in total. The average Bonchev–Trinajstić information content (AvgIpc) is 2.62. The number of carboxylic acid groups (broad SMARTS) is 3. The van der Waals surface area contributed by atoms with E-state index in [0.717, 1.165) is 5.56 Å². The molecule has 166 valence electrons. The second-order valence-electron chi connectivity index (χ2n) is 7.03. The summed E-state index contributed by atoms with van der Waals surface area (Å²) in [5, 5.41) is 33.9. The Hall–Kier alpha value is -2.69. The summed E-state index contributed by atoms with van der Waals surface area (Å²) in [7, 11) is 0. The van der Waals surface area contributed by atoms with Crippen molar-refractivity contribution in [1.29, 1.82) is 0 Å². The summed E-state index contributed by atoms with van der Waals surface area (Å²) < 4.78 is 0. The fourth-order valence-electron chi connectivity index (χ4n) is 1.54. The van der Waals surface area contributed by atoms with Gasteiger partial charge >= 0.3 is 17.9 Å². The van der Waals surface area contributed by atoms with Crippen molar-refractivity contribution < 1.29 is 34.8 Å². The molecule has 0 spiro atoms. The fraction of sp³-hybridized carbons (Fsp3) is 0.526. The standard InChI is InChI=1S/C9H11NO3.2C5H11NO2/c10-8(9(12)13)5-6-1-3-7(11)4-2-6;2*1-3(2)4(6)5(7)8/h1-4,8,11H,5,10H2,(H,12,13);2*3-4H,6H2,1-2H3,(H,7,8)/t;4-;/m.0./s1. The van der Waals surface area contributed by atoms with Gasteiger partial charge in [0, 0.05) is 0 Å². The average molecular weight is 415 g/mol. The highest BCUT2D eigenvalue weighted by atomic mass is 16.4. The van der Waals surface area contributed by atoms with Crippen LogP contribution in [0.5, 0.6) is 5.75 Å². The number of hydrogen-bond acceptors (Lipinski definition) is 7. The van der Waals surface area contributed by atoms with Crippen LogP contribution in [0.15, 0.2) is 24.3 Å². The minimum absolute atomic E-state index is 0.0208. The van der Waals surface area contributed by atoms with Gasteiger partial charge in [-0.1, -0.05) is 39.8 Å². The SMILES string of the molecule is CC(C)C(N)C(=O)O.CC(C)[C@H](N)C(=O)O.NC(Cc1ccc(O)cc1)C(=O)O. The van der Waals surface area contributed by atoms with Crippen molar-refractivity contribution in [2.45, 2.75) is 52.2 Å². The molecule has 0 aliphatic carbocycles. The molecule has 0 fully saturated rings. The molecule has 1 aromatic carbocycles. The highest BCUT2D eigenvalue weighted by Crippen LogP contribution is 2.10. The molecule has 0 saturated heterocycles. The van der Waals surface area contributed by atoms with Gasteiger partial charge in [-0.25, -0.2) is 0 Å². The molecule has 1 aromatic rings. The quantitative estimate of drug-likeness (QED) is 0.327. The van der Waals surface area contributed by atoms with Crippen LogP contribution in [0.1, 0.15) is 33.3 Å². The highest BCUT2D eigenvalue weighted by molar-refractivity contribution is 5.74. The van der Waals surface area contributed by atoms with Gasteiger partial charge < -0.3 is 37.6 Å². The molecule has 0 aliphatic heterocycles. The maximum absolute atomic E-state index is 10.4. The van der Waals surface area contributed by atoms with Gasteiger partial charge in [0.1, 0.15) is 23.9 Å². The monoisotopic (exact) mass is 415 g/mol. The van der Waals surface area contributed by atoms with Gasteiger partial charge in [0.15, 0.2) is 0 Å². The molecule has 1 rings (SSSR count). The molecule has 0 aliphatic rings. The number of carboxylic acids is 3. The topological polar surface area (TPSA) is 210 Å². The minimum atomic E-state index is -1.02. The summed E-state index contributed by atoms with van der Waals surface area (Å²) in [4.78, 5) is 30.4. The number of carbonyl (C=O) groups is 3. The molecule has 29 heavy (non-hydrogen) atoms. The molecule has 0 bridgehead atoms. The molecule has 0 saturated carbocycles. The molecule has 0 amide bonds. The summed E-state index contributed by atoms with van der Waals surface area (Å²) in [5.41, 5.74) is 16.4. The summed E-state index contributed by atoms with van der Waals surface area (Å²) in [6.07, 6.45) is 0.273. The lowest BCUT2D eigenvalue weighted by atomic mass is 10.1. The second-order valence-corrected chi connectivity index (χ2v) is 7.03. The van der Waals surface area contributed by atoms with E-state index in [2.05, 4.69) is 0 Å². The molecule has 0 radical (unpaired) electrons. The van der Waals surface area contributed by atoms with Crippen molar-refractivity contribution in [3.63, 3.8) is 0 Å². The lowest BCUT2D eigenvalue weighted by molar-refractivity contribution is -0.140. The van der Waals surface area contributed by atoms with E-state index in [1.165, 1.54) is 12.1 Å². The molecule has 0 aromatic heterocycles. The van der Waals surface area contributed by atoms with Crippen molar-refractivity contribution in [2.75, 3.05) is 0 Å². The van der Waals surface area contributed by atoms with E-state index in [1.54, 1.807) is 39.8 Å². The first-order chi connectivity index (χ1) is 13.2. The second kappa shape index (κ2) is 14.3. The molecule has 10 nitrogen and oxygen atoms in total. The van der Waals surface area contributed by atoms with E-state index in [4.69, 9.17) is 37.6 Å². The smallest absolute Gasteiger partial charge is 0.320 e. The number of aromatic hydroxyl groups is 1. The van der Waals surface area contributed by atoms with Crippen molar-refractivity contribution in [3.05, 3.63) is 29.8 Å². The maximum Gasteiger partial charge on any atom is 0.320 e. The van der Waals surface area contributed by atoms with Crippen LogP contribution in [0.25, 0.3) is 0 Å². The third-order valence-corrected chi connectivity index (χ3v) is 3.72. The van der Waals surface area contributed by atoms with Gasteiger partial charge in [0.05, 0.1) is 0 Å². The Morgan fingerprint density at radius 2 is 1.10 bits per heavy atom. The summed E-state index contributed by atoms with van der Waals surface area (Å²) in [5.74, 6) is -2.68. The van der Waals surface area contributed by atoms with Gasteiger partial charge in [-0.15, -0.1) is 0 Å². The fourth-order valence-corrected chi connectivity index (χ4v) is 1.54. The zero-order valence-corrected chi connectivity index (χ0v) is 17.1. The van der Waals surface area contributed by atoms with Crippen LogP contribution in [-0.2, 0) is 20.8 Å². The zero-order valence-electron chi connectivity index (χ0n) is 17.1. The van der Waals surface area contributed by atoms with Crippen LogP contribution in [0.4, 0.5) is 0 Å². The van der Waals surface area contributed by atoms with Crippen LogP contribution in [0.3, 0.4) is 0 Å². The summed E-state index contributed by atoms with van der Waals surface area (Å²) in [6, 6.07) is 4.00. The van der Waals surface area contributed by atoms with Crippen LogP contribution >= 0.6 is 0 Å². The van der Waals surface area contributed by atoms with Gasteiger partial charge in [0.2, 0.25) is 0 Å². The van der Waals surface area contributed by atoms with E-state index in [9.17, 15) is 14.4 Å². The van der Waals surface area contributed by atoms with Crippen molar-refractivity contribution in [1.82, 2.24) is 0 Å². The Bertz CT molecular complexity index is 609. The van der Waals surface area contributed by atoms with Gasteiger partial charge in [-0.3, -0.25) is 14.4 Å². The highest BCUT2D eigenvalue weighted by Gasteiger charge is 2.15. The Balaban J connectivity index is 0. The van der Waals surface area contributed by atoms with E-state index in [0.29, 0.717) is 0 Å². The Kier molecular flexibility index (Phi) is 14.1.